The van der Waals surface area contributed by atoms with E-state index in [1.165, 1.54) is 30.0 Å². The number of aromatic nitrogens is 1. The monoisotopic (exact) mass is 805 g/mol. The molecule has 2 aliphatic carbocycles. The van der Waals surface area contributed by atoms with Crippen molar-refractivity contribution in [1.82, 2.24) is 4.98 Å². The van der Waals surface area contributed by atoms with Gasteiger partial charge >= 0.3 is 11.0 Å². The van der Waals surface area contributed by atoms with Gasteiger partial charge in [0.05, 0.1) is 28.1 Å². The molecule has 6 unspecified atom stereocenters. The zero-order valence-electron chi connectivity index (χ0n) is 26.9. The van der Waals surface area contributed by atoms with Crippen LogP contribution in [0.3, 0.4) is 0 Å². The van der Waals surface area contributed by atoms with Gasteiger partial charge in [-0.3, -0.25) is 19.2 Å². The second kappa shape index (κ2) is 12.3. The number of carbonyl (C=O) groups is 3. The first kappa shape index (κ1) is 33.4. The number of rotatable bonds is 6. The molecule has 264 valence electrons. The molecule has 3 heterocycles. The predicted molar refractivity (Wildman–Crippen MR) is 195 cm³/mol. The van der Waals surface area contributed by atoms with Crippen LogP contribution in [-0.4, -0.2) is 34.6 Å². The summed E-state index contributed by atoms with van der Waals surface area (Å²) in [7, 11) is 0. The number of nitrogens with one attached hydrogen (secondary N) is 2. The zero-order chi connectivity index (χ0) is 36.1. The number of alkyl halides is 3. The number of amides is 3. The number of carbonyl (C=O) groups excluding carboxylic acids is 3. The van der Waals surface area contributed by atoms with Gasteiger partial charge in [-0.1, -0.05) is 75.8 Å². The lowest BCUT2D eigenvalue weighted by Crippen LogP contribution is -2.42. The second-order valence-corrected chi connectivity index (χ2v) is 16.7. The number of hydrogen-bond acceptors (Lipinski definition) is 7. The third-order valence-electron chi connectivity index (χ3n) is 10.9. The maximum atomic E-state index is 14.2. The lowest BCUT2D eigenvalue weighted by Gasteiger charge is -2.43. The molecule has 2 bridgehead atoms. The highest BCUT2D eigenvalue weighted by Gasteiger charge is 2.70. The molecule has 8 nitrogen and oxygen atoms in total. The highest BCUT2D eigenvalue weighted by Crippen LogP contribution is 2.69. The van der Waals surface area contributed by atoms with Gasteiger partial charge in [-0.25, -0.2) is 4.90 Å². The molecule has 2 aliphatic heterocycles. The molecule has 52 heavy (non-hydrogen) atoms. The van der Waals surface area contributed by atoms with Gasteiger partial charge in [-0.05, 0) is 66.0 Å². The Morgan fingerprint density at radius 1 is 0.942 bits per heavy atom. The highest BCUT2D eigenvalue weighted by atomic mass is 79.9. The summed E-state index contributed by atoms with van der Waals surface area (Å²) in [4.78, 5) is 58.5. The van der Waals surface area contributed by atoms with E-state index in [1.54, 1.807) is 12.1 Å². The minimum absolute atomic E-state index is 0.204. The van der Waals surface area contributed by atoms with E-state index >= 15 is 0 Å². The van der Waals surface area contributed by atoms with E-state index in [1.807, 2.05) is 48.5 Å². The summed E-state index contributed by atoms with van der Waals surface area (Å²) in [5.41, 5.74) is -0.122. The van der Waals surface area contributed by atoms with Crippen LogP contribution in [0.2, 0.25) is 0 Å². The zero-order valence-corrected chi connectivity index (χ0v) is 30.1. The van der Waals surface area contributed by atoms with Crippen molar-refractivity contribution in [3.63, 3.8) is 0 Å². The van der Waals surface area contributed by atoms with Crippen molar-refractivity contribution in [2.45, 2.75) is 28.8 Å². The van der Waals surface area contributed by atoms with Crippen LogP contribution in [-0.2, 0) is 20.6 Å². The molecule has 7 atom stereocenters. The minimum atomic E-state index is -4.76. The fraction of sp³-hybridized carbons (Fsp3) is 0.263. The first-order chi connectivity index (χ1) is 25.0. The quantitative estimate of drug-likeness (QED) is 0.168. The first-order valence-corrected chi connectivity index (χ1v) is 19.1. The van der Waals surface area contributed by atoms with E-state index in [0.717, 1.165) is 42.4 Å². The number of thioether (sulfide) groups is 1. The smallest absolute Gasteiger partial charge is 0.418 e. The molecule has 3 fully saturated rings. The molecule has 0 spiro atoms. The van der Waals surface area contributed by atoms with Crippen LogP contribution < -0.4 is 19.8 Å². The van der Waals surface area contributed by atoms with Crippen molar-refractivity contribution in [1.29, 1.82) is 0 Å². The third kappa shape index (κ3) is 5.24. The lowest BCUT2D eigenvalue weighted by molar-refractivity contribution is -0.137. The summed E-state index contributed by atoms with van der Waals surface area (Å²) in [5.74, 6) is -4.08. The van der Waals surface area contributed by atoms with Crippen LogP contribution in [0, 0.1) is 29.6 Å². The standard InChI is InChI=1S/C38H27BrF3N3O5S2/c39-18-12-13-26(50-16-27(46)43-24-10-5-7-17-6-1-2-8-19(17)24)20(14-18)28-29-21-15-22(32(29)51-34-33(28)52-37(49)44-34)31-30(21)35(47)45(36(31)48)25-11-4-3-9-23(25)38(40,41)42/h1-14,21-22,28-32H,15-16H2,(H,43,46)(H,44,49)/t21?,22?,28-,29?,30?,31?,32?/m1/s1. The van der Waals surface area contributed by atoms with Crippen molar-refractivity contribution < 1.29 is 32.3 Å². The van der Waals surface area contributed by atoms with Gasteiger partial charge < -0.3 is 15.0 Å². The summed E-state index contributed by atoms with van der Waals surface area (Å²) < 4.78 is 49.2. The summed E-state index contributed by atoms with van der Waals surface area (Å²) in [6, 6.07) is 23.5. The lowest BCUT2D eigenvalue weighted by atomic mass is 9.68. The number of halogens is 4. The molecular weight excluding hydrogens is 779 g/mol. The highest BCUT2D eigenvalue weighted by molar-refractivity contribution is 9.10. The summed E-state index contributed by atoms with van der Waals surface area (Å²) in [6.45, 7) is -0.305. The number of imide groups is 1. The molecule has 2 saturated carbocycles. The normalized spacial score (nSPS) is 26.0. The van der Waals surface area contributed by atoms with Crippen molar-refractivity contribution >= 4 is 78.9 Å². The topological polar surface area (TPSA) is 109 Å². The number of nitrogens with zero attached hydrogens (tertiary/aromatic N) is 1. The van der Waals surface area contributed by atoms with Gasteiger partial charge in [0.25, 0.3) is 5.91 Å². The molecule has 4 aliphatic rings. The Kier molecular flexibility index (Phi) is 7.94. The van der Waals surface area contributed by atoms with Crippen molar-refractivity contribution in [2.24, 2.45) is 29.6 Å². The summed E-state index contributed by atoms with van der Waals surface area (Å²) in [6.07, 6.45) is -4.21. The Labute approximate surface area is 310 Å². The number of hydrogen-bond donors (Lipinski definition) is 2. The SMILES string of the molecule is O=C(COc1ccc(Br)cc1[C@H]1c2sc(=O)[nH]c2SC2C3CC(C4C(=O)N(c5ccccc5C(F)(F)F)C(=O)C34)C21)Nc1cccc2ccccc12. The molecular formula is C38H27BrF3N3O5S2. The Balaban J connectivity index is 1.06. The van der Waals surface area contributed by atoms with Gasteiger partial charge in [-0.15, -0.1) is 11.8 Å². The number of thiazole rings is 1. The number of fused-ring (bicyclic) bond motifs is 10. The number of H-pyrrole nitrogens is 1. The largest absolute Gasteiger partial charge is 0.483 e. The first-order valence-electron chi connectivity index (χ1n) is 16.6. The third-order valence-corrected chi connectivity index (χ3v) is 14.0. The van der Waals surface area contributed by atoms with Gasteiger partial charge in [-0.2, -0.15) is 13.2 Å². The van der Waals surface area contributed by atoms with Gasteiger partial charge in [0, 0.05) is 37.2 Å². The molecule has 1 saturated heterocycles. The Morgan fingerprint density at radius 2 is 1.67 bits per heavy atom. The van der Waals surface area contributed by atoms with Crippen LogP contribution in [0.1, 0.15) is 28.3 Å². The Morgan fingerprint density at radius 3 is 2.48 bits per heavy atom. The fourth-order valence-electron chi connectivity index (χ4n) is 9.07. The summed E-state index contributed by atoms with van der Waals surface area (Å²) >= 11 is 6.13. The Bertz CT molecular complexity index is 2370. The molecule has 4 aromatic carbocycles. The Hall–Kier alpha value is -4.40. The fourth-order valence-corrected chi connectivity index (χ4v) is 12.3. The number of aromatic amines is 1. The molecule has 3 amide bonds. The van der Waals surface area contributed by atoms with E-state index in [-0.39, 0.29) is 40.4 Å². The van der Waals surface area contributed by atoms with Crippen LogP contribution >= 0.6 is 39.0 Å². The average molecular weight is 807 g/mol. The molecule has 2 N–H and O–H groups in total. The molecule has 9 rings (SSSR count). The van der Waals surface area contributed by atoms with Gasteiger partial charge in [0.15, 0.2) is 6.61 Å². The number of anilines is 2. The van der Waals surface area contributed by atoms with E-state index in [9.17, 15) is 32.3 Å². The van der Waals surface area contributed by atoms with Gasteiger partial charge in [0.2, 0.25) is 11.8 Å². The maximum Gasteiger partial charge on any atom is 0.418 e. The van der Waals surface area contributed by atoms with Crippen LogP contribution in [0.5, 0.6) is 5.75 Å². The van der Waals surface area contributed by atoms with Gasteiger partial charge in [0.1, 0.15) is 5.75 Å². The average Bonchev–Trinajstić information content (AvgIpc) is 3.86. The van der Waals surface area contributed by atoms with E-state index in [4.69, 9.17) is 4.74 Å². The maximum absolute atomic E-state index is 14.2. The number of para-hydroxylation sites is 1. The van der Waals surface area contributed by atoms with Crippen LogP contribution in [0.4, 0.5) is 24.5 Å². The molecule has 5 aromatic rings. The second-order valence-electron chi connectivity index (χ2n) is 13.5. The van der Waals surface area contributed by atoms with E-state index < -0.39 is 47.0 Å². The van der Waals surface area contributed by atoms with Crippen molar-refractivity contribution in [3.8, 4) is 5.75 Å². The molecule has 0 radical (unpaired) electrons. The van der Waals surface area contributed by atoms with Crippen LogP contribution in [0.15, 0.2) is 99.2 Å². The molecule has 1 aromatic heterocycles. The van der Waals surface area contributed by atoms with Crippen LogP contribution in [0.25, 0.3) is 10.8 Å². The van der Waals surface area contributed by atoms with Crippen molar-refractivity contribution in [2.75, 3.05) is 16.8 Å². The molecule has 14 heteroatoms. The van der Waals surface area contributed by atoms with Crippen molar-refractivity contribution in [3.05, 3.63) is 115 Å². The number of ether oxygens (including phenoxy) is 1. The predicted octanol–water partition coefficient (Wildman–Crippen LogP) is 8.07. The number of benzene rings is 4. The minimum Gasteiger partial charge on any atom is -0.483 e. The van der Waals surface area contributed by atoms with E-state index in [2.05, 4.69) is 26.2 Å². The van der Waals surface area contributed by atoms with E-state index in [0.29, 0.717) is 28.4 Å². The summed E-state index contributed by atoms with van der Waals surface area (Å²) in [5, 5.41) is 5.27.